The summed E-state index contributed by atoms with van der Waals surface area (Å²) in [5.41, 5.74) is 2.40. The average Bonchev–Trinajstić information content (AvgIpc) is 2.80. The third kappa shape index (κ3) is 3.40. The maximum atomic E-state index is 11.4. The van der Waals surface area contributed by atoms with Crippen molar-refractivity contribution < 1.29 is 14.3 Å². The third-order valence-electron chi connectivity index (χ3n) is 3.32. The summed E-state index contributed by atoms with van der Waals surface area (Å²) in [6, 6.07) is 6.10. The van der Waals surface area contributed by atoms with Crippen molar-refractivity contribution in [2.24, 2.45) is 0 Å². The second-order valence-corrected chi connectivity index (χ2v) is 4.60. The van der Waals surface area contributed by atoms with E-state index in [0.717, 1.165) is 24.4 Å². The molecule has 0 saturated heterocycles. The minimum atomic E-state index is -0.114. The zero-order valence-corrected chi connectivity index (χ0v) is 11.6. The Balaban J connectivity index is 1.99. The van der Waals surface area contributed by atoms with Crippen LogP contribution >= 0.6 is 0 Å². The van der Waals surface area contributed by atoms with Crippen LogP contribution in [-0.2, 0) is 9.53 Å². The summed E-state index contributed by atoms with van der Waals surface area (Å²) in [7, 11) is 0. The molecular weight excluding hydrogens is 242 g/mol. The number of fused-ring (bicyclic) bond motifs is 1. The molecule has 0 radical (unpaired) electrons. The Labute approximate surface area is 114 Å². The molecule has 1 aromatic carbocycles. The number of ether oxygens (including phenoxy) is 2. The number of hydrogen-bond donors (Lipinski definition) is 1. The van der Waals surface area contributed by atoms with Gasteiger partial charge in [0.05, 0.1) is 13.2 Å². The molecule has 0 aliphatic carbocycles. The molecule has 4 nitrogen and oxygen atoms in total. The van der Waals surface area contributed by atoms with E-state index in [1.807, 2.05) is 26.0 Å². The summed E-state index contributed by atoms with van der Waals surface area (Å²) in [4.78, 5) is 11.4. The van der Waals surface area contributed by atoms with Crippen molar-refractivity contribution in [2.75, 3.05) is 25.1 Å². The van der Waals surface area contributed by atoms with Crippen molar-refractivity contribution in [1.29, 1.82) is 0 Å². The summed E-state index contributed by atoms with van der Waals surface area (Å²) in [5, 5.41) is 3.37. The van der Waals surface area contributed by atoms with E-state index in [1.165, 1.54) is 5.56 Å². The zero-order valence-electron chi connectivity index (χ0n) is 11.6. The van der Waals surface area contributed by atoms with Crippen molar-refractivity contribution >= 4 is 11.7 Å². The van der Waals surface area contributed by atoms with Crippen LogP contribution in [0.2, 0.25) is 0 Å². The fourth-order valence-corrected chi connectivity index (χ4v) is 2.42. The Hall–Kier alpha value is -1.71. The summed E-state index contributed by atoms with van der Waals surface area (Å²) < 4.78 is 10.5. The largest absolute Gasteiger partial charge is 0.494 e. The van der Waals surface area contributed by atoms with Gasteiger partial charge in [0.25, 0.3) is 0 Å². The Morgan fingerprint density at radius 2 is 2.21 bits per heavy atom. The first-order valence-corrected chi connectivity index (χ1v) is 6.90. The van der Waals surface area contributed by atoms with Crippen molar-refractivity contribution in [3.63, 3.8) is 0 Å². The quantitative estimate of drug-likeness (QED) is 0.802. The Bertz CT molecular complexity index is 445. The van der Waals surface area contributed by atoms with E-state index >= 15 is 0 Å². The molecule has 0 fully saturated rings. The van der Waals surface area contributed by atoms with Crippen LogP contribution in [0.5, 0.6) is 5.75 Å². The van der Waals surface area contributed by atoms with Gasteiger partial charge in [-0.05, 0) is 44.0 Å². The van der Waals surface area contributed by atoms with Crippen LogP contribution in [0.1, 0.15) is 38.2 Å². The molecule has 1 atom stereocenters. The van der Waals surface area contributed by atoms with Crippen LogP contribution in [0.4, 0.5) is 5.69 Å². The highest BCUT2D eigenvalue weighted by Crippen LogP contribution is 2.36. The van der Waals surface area contributed by atoms with Gasteiger partial charge in [0, 0.05) is 24.6 Å². The minimum absolute atomic E-state index is 0.114. The molecule has 0 spiro atoms. The Morgan fingerprint density at radius 3 is 2.95 bits per heavy atom. The first-order valence-electron chi connectivity index (χ1n) is 6.90. The van der Waals surface area contributed by atoms with E-state index in [-0.39, 0.29) is 5.97 Å². The van der Waals surface area contributed by atoms with Gasteiger partial charge in [0.2, 0.25) is 0 Å². The smallest absolute Gasteiger partial charge is 0.305 e. The molecule has 4 heteroatoms. The van der Waals surface area contributed by atoms with E-state index < -0.39 is 0 Å². The highest BCUT2D eigenvalue weighted by atomic mass is 16.5. The van der Waals surface area contributed by atoms with Crippen LogP contribution in [-0.4, -0.2) is 25.7 Å². The van der Waals surface area contributed by atoms with Gasteiger partial charge in [-0.2, -0.15) is 0 Å². The standard InChI is InChI=1S/C15H21NO3/c1-3-18-12-6-7-14-13(9-12)11(10-16-14)5-8-15(17)19-4-2/h6-7,9,11,16H,3-5,8,10H2,1-2H3/t11-/m0/s1. The van der Waals surface area contributed by atoms with E-state index in [9.17, 15) is 4.79 Å². The Kier molecular flexibility index (Phi) is 4.66. The highest BCUT2D eigenvalue weighted by molar-refractivity contribution is 5.69. The number of benzene rings is 1. The number of esters is 1. The number of rotatable bonds is 6. The summed E-state index contributed by atoms with van der Waals surface area (Å²) >= 11 is 0. The predicted molar refractivity (Wildman–Crippen MR) is 74.7 cm³/mol. The van der Waals surface area contributed by atoms with Crippen LogP contribution in [0.3, 0.4) is 0 Å². The van der Waals surface area contributed by atoms with Crippen molar-refractivity contribution in [1.82, 2.24) is 0 Å². The monoisotopic (exact) mass is 263 g/mol. The molecule has 2 rings (SSSR count). The van der Waals surface area contributed by atoms with E-state index in [1.54, 1.807) is 0 Å². The van der Waals surface area contributed by atoms with Crippen LogP contribution in [0.15, 0.2) is 18.2 Å². The lowest BCUT2D eigenvalue weighted by Gasteiger charge is -2.11. The van der Waals surface area contributed by atoms with Gasteiger partial charge in [0.15, 0.2) is 0 Å². The molecule has 1 aromatic rings. The van der Waals surface area contributed by atoms with E-state index in [4.69, 9.17) is 9.47 Å². The Morgan fingerprint density at radius 1 is 1.37 bits per heavy atom. The zero-order chi connectivity index (χ0) is 13.7. The lowest BCUT2D eigenvalue weighted by atomic mass is 9.96. The van der Waals surface area contributed by atoms with Crippen LogP contribution in [0.25, 0.3) is 0 Å². The number of carbonyl (C=O) groups is 1. The maximum Gasteiger partial charge on any atom is 0.305 e. The fraction of sp³-hybridized carbons (Fsp3) is 0.533. The predicted octanol–water partition coefficient (Wildman–Crippen LogP) is 2.94. The summed E-state index contributed by atoms with van der Waals surface area (Å²) in [5.74, 6) is 1.14. The number of hydrogen-bond acceptors (Lipinski definition) is 4. The maximum absolute atomic E-state index is 11.4. The highest BCUT2D eigenvalue weighted by Gasteiger charge is 2.23. The molecule has 0 amide bonds. The lowest BCUT2D eigenvalue weighted by molar-refractivity contribution is -0.143. The molecule has 0 unspecified atom stereocenters. The van der Waals surface area contributed by atoms with Gasteiger partial charge >= 0.3 is 5.97 Å². The van der Waals surface area contributed by atoms with E-state index in [0.29, 0.717) is 25.6 Å². The minimum Gasteiger partial charge on any atom is -0.494 e. The number of nitrogens with one attached hydrogen (secondary N) is 1. The molecule has 0 aromatic heterocycles. The lowest BCUT2D eigenvalue weighted by Crippen LogP contribution is -2.08. The van der Waals surface area contributed by atoms with Crippen molar-refractivity contribution in [3.8, 4) is 5.75 Å². The molecule has 19 heavy (non-hydrogen) atoms. The molecule has 1 heterocycles. The molecule has 1 N–H and O–H groups in total. The normalized spacial score (nSPS) is 16.6. The number of anilines is 1. The van der Waals surface area contributed by atoms with Gasteiger partial charge in [-0.25, -0.2) is 0 Å². The summed E-state index contributed by atoms with van der Waals surface area (Å²) in [6.45, 7) is 5.80. The molecule has 0 bridgehead atoms. The summed E-state index contributed by atoms with van der Waals surface area (Å²) in [6.07, 6.45) is 1.28. The second kappa shape index (κ2) is 6.45. The van der Waals surface area contributed by atoms with Gasteiger partial charge in [-0.3, -0.25) is 4.79 Å². The van der Waals surface area contributed by atoms with Crippen molar-refractivity contribution in [3.05, 3.63) is 23.8 Å². The third-order valence-corrected chi connectivity index (χ3v) is 3.32. The molecule has 0 saturated carbocycles. The molecular formula is C15H21NO3. The fourth-order valence-electron chi connectivity index (χ4n) is 2.42. The van der Waals surface area contributed by atoms with Gasteiger partial charge in [-0.15, -0.1) is 0 Å². The first kappa shape index (κ1) is 13.7. The number of carbonyl (C=O) groups excluding carboxylic acids is 1. The van der Waals surface area contributed by atoms with Crippen LogP contribution < -0.4 is 10.1 Å². The second-order valence-electron chi connectivity index (χ2n) is 4.60. The first-order chi connectivity index (χ1) is 9.24. The van der Waals surface area contributed by atoms with E-state index in [2.05, 4.69) is 11.4 Å². The van der Waals surface area contributed by atoms with Crippen molar-refractivity contribution in [2.45, 2.75) is 32.6 Å². The molecule has 1 aliphatic heterocycles. The molecule has 104 valence electrons. The van der Waals surface area contributed by atoms with Gasteiger partial charge in [0.1, 0.15) is 5.75 Å². The average molecular weight is 263 g/mol. The SMILES string of the molecule is CCOC(=O)CC[C@H]1CNc2ccc(OCC)cc21. The van der Waals surface area contributed by atoms with Crippen LogP contribution in [0, 0.1) is 0 Å². The topological polar surface area (TPSA) is 47.6 Å². The van der Waals surface area contributed by atoms with Gasteiger partial charge < -0.3 is 14.8 Å². The van der Waals surface area contributed by atoms with Gasteiger partial charge in [-0.1, -0.05) is 0 Å². The molecule has 1 aliphatic rings.